The van der Waals surface area contributed by atoms with E-state index in [4.69, 9.17) is 11.6 Å². The summed E-state index contributed by atoms with van der Waals surface area (Å²) >= 11 is 6.14. The molecule has 0 aliphatic rings. The molecule has 0 amide bonds. The molecule has 0 N–H and O–H groups in total. The maximum absolute atomic E-state index is 12.9. The maximum Gasteiger partial charge on any atom is 0.123 e. The number of hydrogen-bond donors (Lipinski definition) is 0. The first kappa shape index (κ1) is 11.9. The lowest BCUT2D eigenvalue weighted by Gasteiger charge is -2.09. The minimum Gasteiger partial charge on any atom is -0.207 e. The van der Waals surface area contributed by atoms with E-state index >= 15 is 0 Å². The normalized spacial score (nSPS) is 12.2. The van der Waals surface area contributed by atoms with Crippen molar-refractivity contribution in [1.29, 1.82) is 0 Å². The van der Waals surface area contributed by atoms with Crippen molar-refractivity contribution in [3.05, 3.63) is 76.6 Å². The molecule has 2 heteroatoms. The van der Waals surface area contributed by atoms with Crippen LogP contribution < -0.4 is 0 Å². The molecule has 0 aliphatic heterocycles. The number of hydrogen-bond acceptors (Lipinski definition) is 0. The van der Waals surface area contributed by atoms with E-state index in [1.54, 1.807) is 12.1 Å². The summed E-state index contributed by atoms with van der Waals surface area (Å²) in [4.78, 5) is 0. The van der Waals surface area contributed by atoms with E-state index in [9.17, 15) is 4.39 Å². The molecule has 0 saturated carbocycles. The third kappa shape index (κ3) is 2.75. The van der Waals surface area contributed by atoms with Crippen molar-refractivity contribution in [2.75, 3.05) is 0 Å². The van der Waals surface area contributed by atoms with Gasteiger partial charge in [0.1, 0.15) is 5.82 Å². The van der Waals surface area contributed by atoms with Gasteiger partial charge < -0.3 is 0 Å². The third-order valence-electron chi connectivity index (χ3n) is 2.54. The first-order valence-corrected chi connectivity index (χ1v) is 5.74. The Kier molecular flexibility index (Phi) is 3.60. The van der Waals surface area contributed by atoms with Crippen molar-refractivity contribution in [3.63, 3.8) is 0 Å². The van der Waals surface area contributed by atoms with E-state index in [2.05, 4.69) is 0 Å². The highest BCUT2D eigenvalue weighted by Gasteiger charge is 2.07. The molecule has 0 fully saturated rings. The van der Waals surface area contributed by atoms with Gasteiger partial charge in [0.05, 0.1) is 0 Å². The average molecular weight is 247 g/mol. The van der Waals surface area contributed by atoms with Gasteiger partial charge >= 0.3 is 0 Å². The van der Waals surface area contributed by atoms with Crippen molar-refractivity contribution in [2.24, 2.45) is 0 Å². The third-order valence-corrected chi connectivity index (χ3v) is 2.73. The molecule has 0 heterocycles. The molecule has 0 radical (unpaired) electrons. The van der Waals surface area contributed by atoms with Crippen molar-refractivity contribution >= 4 is 17.2 Å². The quantitative estimate of drug-likeness (QED) is 0.711. The molecule has 0 saturated heterocycles. The molecule has 17 heavy (non-hydrogen) atoms. The molecule has 0 nitrogen and oxygen atoms in total. The summed E-state index contributed by atoms with van der Waals surface area (Å²) in [5.74, 6) is -0.242. The summed E-state index contributed by atoms with van der Waals surface area (Å²) in [6.45, 7) is 1.84. The average Bonchev–Trinajstić information content (AvgIpc) is 2.33. The van der Waals surface area contributed by atoms with E-state index < -0.39 is 0 Å². The monoisotopic (exact) mass is 246 g/mol. The van der Waals surface area contributed by atoms with E-state index in [1.165, 1.54) is 12.1 Å². The second kappa shape index (κ2) is 5.15. The van der Waals surface area contributed by atoms with Crippen molar-refractivity contribution < 1.29 is 4.39 Å². The van der Waals surface area contributed by atoms with E-state index in [1.807, 2.05) is 37.3 Å². The zero-order chi connectivity index (χ0) is 12.3. The maximum atomic E-state index is 12.9. The van der Waals surface area contributed by atoms with E-state index in [0.717, 1.165) is 16.7 Å². The standard InChI is InChI=1S/C15H12ClF/c1-11(16)15(12-5-3-2-4-6-12)13-7-9-14(17)10-8-13/h2-10H,1H3/b15-11-. The first-order valence-electron chi connectivity index (χ1n) is 5.36. The summed E-state index contributed by atoms with van der Waals surface area (Å²) in [7, 11) is 0. The molecule has 0 spiro atoms. The van der Waals surface area contributed by atoms with Gasteiger partial charge in [-0.05, 0) is 30.2 Å². The molecule has 2 rings (SSSR count). The lowest BCUT2D eigenvalue weighted by molar-refractivity contribution is 0.627. The Hall–Kier alpha value is -1.60. The molecule has 0 unspecified atom stereocenters. The molecule has 0 atom stereocenters. The number of benzene rings is 2. The lowest BCUT2D eigenvalue weighted by atomic mass is 9.98. The molecular formula is C15H12ClF. The van der Waals surface area contributed by atoms with Gasteiger partial charge in [-0.1, -0.05) is 54.1 Å². The van der Waals surface area contributed by atoms with Crippen LogP contribution in [0.4, 0.5) is 4.39 Å². The Labute approximate surface area is 105 Å². The Morgan fingerprint density at radius 1 is 0.882 bits per heavy atom. The van der Waals surface area contributed by atoms with Gasteiger partial charge in [-0.2, -0.15) is 0 Å². The Bertz CT molecular complexity index is 523. The molecule has 2 aromatic carbocycles. The molecular weight excluding hydrogens is 235 g/mol. The van der Waals surface area contributed by atoms with Crippen LogP contribution in [0.1, 0.15) is 18.1 Å². The second-order valence-corrected chi connectivity index (χ2v) is 4.35. The van der Waals surface area contributed by atoms with Crippen LogP contribution in [0.25, 0.3) is 5.57 Å². The molecule has 86 valence electrons. The number of allylic oxidation sites excluding steroid dienone is 1. The van der Waals surface area contributed by atoms with Crippen LogP contribution in [0.3, 0.4) is 0 Å². The minimum atomic E-state index is -0.242. The van der Waals surface area contributed by atoms with Crippen LogP contribution >= 0.6 is 11.6 Å². The highest BCUT2D eigenvalue weighted by molar-refractivity contribution is 6.33. The fourth-order valence-corrected chi connectivity index (χ4v) is 2.00. The Balaban J connectivity index is 2.52. The number of halogens is 2. The Morgan fingerprint density at radius 3 is 1.94 bits per heavy atom. The van der Waals surface area contributed by atoms with E-state index in [-0.39, 0.29) is 5.82 Å². The highest BCUT2D eigenvalue weighted by Crippen LogP contribution is 2.28. The summed E-state index contributed by atoms with van der Waals surface area (Å²) in [6.07, 6.45) is 0. The van der Waals surface area contributed by atoms with Crippen LogP contribution in [0.2, 0.25) is 0 Å². The summed E-state index contributed by atoms with van der Waals surface area (Å²) < 4.78 is 12.9. The minimum absolute atomic E-state index is 0.242. The van der Waals surface area contributed by atoms with Gasteiger partial charge in [-0.25, -0.2) is 4.39 Å². The topological polar surface area (TPSA) is 0 Å². The predicted molar refractivity (Wildman–Crippen MR) is 70.4 cm³/mol. The molecule has 0 bridgehead atoms. The Morgan fingerprint density at radius 2 is 1.41 bits per heavy atom. The number of rotatable bonds is 2. The van der Waals surface area contributed by atoms with Gasteiger partial charge in [-0.15, -0.1) is 0 Å². The SMILES string of the molecule is C/C(Cl)=C(\c1ccccc1)c1ccc(F)cc1. The van der Waals surface area contributed by atoms with Gasteiger partial charge in [0.15, 0.2) is 0 Å². The summed E-state index contributed by atoms with van der Waals surface area (Å²) in [5, 5.41) is 0.697. The molecule has 0 aliphatic carbocycles. The zero-order valence-electron chi connectivity index (χ0n) is 9.45. The van der Waals surface area contributed by atoms with Gasteiger partial charge in [-0.3, -0.25) is 0 Å². The molecule has 0 aromatic heterocycles. The predicted octanol–water partition coefficient (Wildman–Crippen LogP) is 4.84. The van der Waals surface area contributed by atoms with Crippen molar-refractivity contribution in [2.45, 2.75) is 6.92 Å². The lowest BCUT2D eigenvalue weighted by Crippen LogP contribution is -1.89. The van der Waals surface area contributed by atoms with Crippen molar-refractivity contribution in [3.8, 4) is 0 Å². The van der Waals surface area contributed by atoms with E-state index in [0.29, 0.717) is 5.03 Å². The molecule has 2 aromatic rings. The fourth-order valence-electron chi connectivity index (χ4n) is 1.79. The highest BCUT2D eigenvalue weighted by atomic mass is 35.5. The first-order chi connectivity index (χ1) is 8.18. The van der Waals surface area contributed by atoms with Crippen LogP contribution in [0.5, 0.6) is 0 Å². The largest absolute Gasteiger partial charge is 0.207 e. The van der Waals surface area contributed by atoms with Crippen LogP contribution in [-0.2, 0) is 0 Å². The second-order valence-electron chi connectivity index (χ2n) is 3.78. The zero-order valence-corrected chi connectivity index (χ0v) is 10.2. The van der Waals surface area contributed by atoms with Gasteiger partial charge in [0, 0.05) is 10.6 Å². The van der Waals surface area contributed by atoms with Crippen molar-refractivity contribution in [1.82, 2.24) is 0 Å². The van der Waals surface area contributed by atoms with Gasteiger partial charge in [0.25, 0.3) is 0 Å². The van der Waals surface area contributed by atoms with Gasteiger partial charge in [0.2, 0.25) is 0 Å². The van der Waals surface area contributed by atoms with Crippen LogP contribution in [0.15, 0.2) is 59.6 Å². The summed E-state index contributed by atoms with van der Waals surface area (Å²) in [6, 6.07) is 16.2. The van der Waals surface area contributed by atoms with Crippen LogP contribution in [0, 0.1) is 5.82 Å². The summed E-state index contributed by atoms with van der Waals surface area (Å²) in [5.41, 5.74) is 2.89. The smallest absolute Gasteiger partial charge is 0.123 e. The fraction of sp³-hybridized carbons (Fsp3) is 0.0667. The van der Waals surface area contributed by atoms with Crippen LogP contribution in [-0.4, -0.2) is 0 Å².